The maximum Gasteiger partial charge on any atom is 0.307 e. The van der Waals surface area contributed by atoms with Crippen molar-refractivity contribution >= 4 is 38.6 Å². The zero-order chi connectivity index (χ0) is 15.3. The number of carbonyl (C=O) groups is 2. The minimum Gasteiger partial charge on any atom is -0.481 e. The van der Waals surface area contributed by atoms with Crippen LogP contribution in [0.3, 0.4) is 0 Å². The summed E-state index contributed by atoms with van der Waals surface area (Å²) in [5, 5.41) is 12.8. The third kappa shape index (κ3) is 2.02. The van der Waals surface area contributed by atoms with Gasteiger partial charge in [-0.1, -0.05) is 35.6 Å². The lowest BCUT2D eigenvalue weighted by Crippen LogP contribution is -2.36. The van der Waals surface area contributed by atoms with Crippen molar-refractivity contribution in [2.75, 3.05) is 5.32 Å². The number of carboxylic acids is 1. The molecule has 2 aliphatic rings. The quantitative estimate of drug-likeness (QED) is 0.854. The van der Waals surface area contributed by atoms with Crippen LogP contribution in [0.4, 0.5) is 5.13 Å². The summed E-state index contributed by atoms with van der Waals surface area (Å²) in [4.78, 5) is 28.4. The number of aliphatic carboxylic acids is 1. The Morgan fingerprint density at radius 3 is 2.64 bits per heavy atom. The number of hydrogen-bond acceptors (Lipinski definition) is 4. The van der Waals surface area contributed by atoms with Crippen LogP contribution >= 0.6 is 11.3 Å². The van der Waals surface area contributed by atoms with Gasteiger partial charge in [-0.25, -0.2) is 4.98 Å². The van der Waals surface area contributed by atoms with Gasteiger partial charge in [-0.3, -0.25) is 9.59 Å². The molecule has 1 aromatic carbocycles. The number of nitrogens with zero attached hydrogens (tertiary/aromatic N) is 1. The first kappa shape index (κ1) is 13.5. The molecule has 2 N–H and O–H groups in total. The molecule has 22 heavy (non-hydrogen) atoms. The molecule has 0 spiro atoms. The van der Waals surface area contributed by atoms with E-state index in [0.717, 1.165) is 16.6 Å². The first-order valence-corrected chi connectivity index (χ1v) is 8.03. The molecule has 1 amide bonds. The molecule has 0 radical (unpaired) electrons. The van der Waals surface area contributed by atoms with E-state index >= 15 is 0 Å². The van der Waals surface area contributed by atoms with E-state index in [4.69, 9.17) is 0 Å². The first-order valence-electron chi connectivity index (χ1n) is 7.21. The van der Waals surface area contributed by atoms with Gasteiger partial charge in [0.1, 0.15) is 0 Å². The molecule has 1 heterocycles. The number of anilines is 1. The molecule has 0 aliphatic heterocycles. The van der Waals surface area contributed by atoms with Crippen LogP contribution in [0.2, 0.25) is 0 Å². The van der Waals surface area contributed by atoms with Gasteiger partial charge >= 0.3 is 5.97 Å². The number of amides is 1. The molecule has 0 saturated heterocycles. The van der Waals surface area contributed by atoms with Gasteiger partial charge in [0.15, 0.2) is 5.13 Å². The SMILES string of the molecule is O=C(Nc1nc2ccccc2s1)[C@@H]1C2C=CC(C2)[C@@H]1C(=O)O. The highest BCUT2D eigenvalue weighted by Gasteiger charge is 2.51. The lowest BCUT2D eigenvalue weighted by atomic mass is 9.82. The lowest BCUT2D eigenvalue weighted by molar-refractivity contribution is -0.146. The third-order valence-electron chi connectivity index (χ3n) is 4.57. The second-order valence-electron chi connectivity index (χ2n) is 5.81. The van der Waals surface area contributed by atoms with Crippen LogP contribution in [0.5, 0.6) is 0 Å². The minimum atomic E-state index is -0.888. The summed E-state index contributed by atoms with van der Waals surface area (Å²) in [5.74, 6) is -2.23. The molecule has 1 fully saturated rings. The van der Waals surface area contributed by atoms with Gasteiger partial charge in [-0.2, -0.15) is 0 Å². The molecule has 2 bridgehead atoms. The van der Waals surface area contributed by atoms with E-state index in [1.807, 2.05) is 36.4 Å². The summed E-state index contributed by atoms with van der Waals surface area (Å²) in [6.07, 6.45) is 4.67. The Hall–Kier alpha value is -2.21. The predicted octanol–water partition coefficient (Wildman–Crippen LogP) is 2.76. The summed E-state index contributed by atoms with van der Waals surface area (Å²) >= 11 is 1.41. The maximum absolute atomic E-state index is 12.6. The second-order valence-corrected chi connectivity index (χ2v) is 6.84. The number of carboxylic acid groups (broad SMARTS) is 1. The Bertz CT molecular complexity index is 765. The van der Waals surface area contributed by atoms with Crippen molar-refractivity contribution in [3.05, 3.63) is 36.4 Å². The Morgan fingerprint density at radius 2 is 1.91 bits per heavy atom. The number of para-hydroxylation sites is 1. The number of thiazole rings is 1. The highest BCUT2D eigenvalue weighted by Crippen LogP contribution is 2.48. The van der Waals surface area contributed by atoms with E-state index in [-0.39, 0.29) is 17.7 Å². The van der Waals surface area contributed by atoms with Gasteiger partial charge in [0, 0.05) is 0 Å². The smallest absolute Gasteiger partial charge is 0.307 e. The molecular formula is C16H14N2O3S. The molecule has 2 aliphatic carbocycles. The monoisotopic (exact) mass is 314 g/mol. The highest BCUT2D eigenvalue weighted by molar-refractivity contribution is 7.22. The van der Waals surface area contributed by atoms with Crippen LogP contribution in [0.25, 0.3) is 10.2 Å². The zero-order valence-corrected chi connectivity index (χ0v) is 12.4. The largest absolute Gasteiger partial charge is 0.481 e. The lowest BCUT2D eigenvalue weighted by Gasteiger charge is -2.23. The molecular weight excluding hydrogens is 300 g/mol. The van der Waals surface area contributed by atoms with Crippen LogP contribution in [0.1, 0.15) is 6.42 Å². The highest BCUT2D eigenvalue weighted by atomic mass is 32.1. The molecule has 4 rings (SSSR count). The maximum atomic E-state index is 12.6. The number of nitrogens with one attached hydrogen (secondary N) is 1. The van der Waals surface area contributed by atoms with Crippen molar-refractivity contribution in [3.63, 3.8) is 0 Å². The molecule has 5 nitrogen and oxygen atoms in total. The van der Waals surface area contributed by atoms with Gasteiger partial charge in [-0.15, -0.1) is 0 Å². The van der Waals surface area contributed by atoms with E-state index in [1.165, 1.54) is 11.3 Å². The fraction of sp³-hybridized carbons (Fsp3) is 0.312. The molecule has 1 saturated carbocycles. The molecule has 2 aromatic rings. The predicted molar refractivity (Wildman–Crippen MR) is 83.6 cm³/mol. The van der Waals surface area contributed by atoms with Gasteiger partial charge in [0.2, 0.25) is 5.91 Å². The zero-order valence-electron chi connectivity index (χ0n) is 11.6. The van der Waals surface area contributed by atoms with Crippen LogP contribution in [-0.4, -0.2) is 22.0 Å². The summed E-state index contributed by atoms with van der Waals surface area (Å²) in [5.41, 5.74) is 0.838. The van der Waals surface area contributed by atoms with E-state index in [0.29, 0.717) is 5.13 Å². The molecule has 6 heteroatoms. The van der Waals surface area contributed by atoms with Crippen molar-refractivity contribution in [2.45, 2.75) is 6.42 Å². The molecule has 112 valence electrons. The van der Waals surface area contributed by atoms with E-state index in [2.05, 4.69) is 10.3 Å². The van der Waals surface area contributed by atoms with Crippen molar-refractivity contribution in [2.24, 2.45) is 23.7 Å². The molecule has 1 aromatic heterocycles. The first-order chi connectivity index (χ1) is 10.6. The number of carbonyl (C=O) groups excluding carboxylic acids is 1. The number of rotatable bonds is 3. The fourth-order valence-corrected chi connectivity index (χ4v) is 4.50. The van der Waals surface area contributed by atoms with Crippen molar-refractivity contribution in [3.8, 4) is 0 Å². The van der Waals surface area contributed by atoms with Crippen LogP contribution < -0.4 is 5.32 Å². The van der Waals surface area contributed by atoms with E-state index in [9.17, 15) is 14.7 Å². The summed E-state index contributed by atoms with van der Waals surface area (Å²) in [6.45, 7) is 0. The molecule has 4 atom stereocenters. The number of allylic oxidation sites excluding steroid dienone is 2. The second kappa shape index (κ2) is 4.91. The normalized spacial score (nSPS) is 29.1. The van der Waals surface area contributed by atoms with Crippen LogP contribution in [0, 0.1) is 23.7 Å². The summed E-state index contributed by atoms with van der Waals surface area (Å²) < 4.78 is 1.00. The topological polar surface area (TPSA) is 79.3 Å². The van der Waals surface area contributed by atoms with E-state index < -0.39 is 17.8 Å². The van der Waals surface area contributed by atoms with Crippen LogP contribution in [0.15, 0.2) is 36.4 Å². The van der Waals surface area contributed by atoms with Gasteiger partial charge in [0.25, 0.3) is 0 Å². The fourth-order valence-electron chi connectivity index (χ4n) is 3.63. The number of aromatic nitrogens is 1. The van der Waals surface area contributed by atoms with Crippen molar-refractivity contribution < 1.29 is 14.7 Å². The third-order valence-corrected chi connectivity index (χ3v) is 5.52. The Balaban J connectivity index is 1.59. The Labute approximate surface area is 130 Å². The van der Waals surface area contributed by atoms with Gasteiger partial charge in [-0.05, 0) is 30.4 Å². The van der Waals surface area contributed by atoms with Gasteiger partial charge < -0.3 is 10.4 Å². The number of hydrogen-bond donors (Lipinski definition) is 2. The average molecular weight is 314 g/mol. The Morgan fingerprint density at radius 1 is 1.18 bits per heavy atom. The van der Waals surface area contributed by atoms with Crippen molar-refractivity contribution in [1.82, 2.24) is 4.98 Å². The van der Waals surface area contributed by atoms with E-state index in [1.54, 1.807) is 0 Å². The standard InChI is InChI=1S/C16H14N2O3S/c19-14(12-8-5-6-9(7-8)13(12)15(20)21)18-16-17-10-3-1-2-4-11(10)22-16/h1-6,8-9,12-13H,7H2,(H,20,21)(H,17,18,19)/t8?,9?,12-,13+/m1/s1. The van der Waals surface area contributed by atoms with Crippen molar-refractivity contribution in [1.29, 1.82) is 0 Å². The Kier molecular flexibility index (Phi) is 3.00. The number of fused-ring (bicyclic) bond motifs is 3. The number of benzene rings is 1. The molecule has 2 unspecified atom stereocenters. The minimum absolute atomic E-state index is 0.0198. The summed E-state index contributed by atoms with van der Waals surface area (Å²) in [7, 11) is 0. The summed E-state index contributed by atoms with van der Waals surface area (Å²) in [6, 6.07) is 7.66. The van der Waals surface area contributed by atoms with Gasteiger partial charge in [0.05, 0.1) is 22.1 Å². The average Bonchev–Trinajstić information content (AvgIpc) is 3.19. The van der Waals surface area contributed by atoms with Crippen LogP contribution in [-0.2, 0) is 9.59 Å².